The van der Waals surface area contributed by atoms with E-state index in [1.807, 2.05) is 0 Å². The van der Waals surface area contributed by atoms with Crippen molar-refractivity contribution in [2.24, 2.45) is 5.73 Å². The van der Waals surface area contributed by atoms with Crippen LogP contribution in [0.15, 0.2) is 0 Å². The van der Waals surface area contributed by atoms with Crippen LogP contribution < -0.4 is 5.73 Å². The molecule has 68 valence electrons. The van der Waals surface area contributed by atoms with Crippen molar-refractivity contribution in [3.63, 3.8) is 0 Å². The van der Waals surface area contributed by atoms with Crippen LogP contribution in [0.25, 0.3) is 0 Å². The fourth-order valence-corrected chi connectivity index (χ4v) is 0.348. The highest BCUT2D eigenvalue weighted by atomic mass is 31.2. The molecule has 0 aliphatic heterocycles. The smallest absolute Gasteiger partial charge is 0.322 e. The van der Waals surface area contributed by atoms with Crippen LogP contribution in [0, 0.1) is 0 Å². The maximum atomic E-state index is 9.33. The van der Waals surface area contributed by atoms with Crippen LogP contribution >= 0.6 is 7.60 Å². The summed E-state index contributed by atoms with van der Waals surface area (Å²) in [7, 11) is -3.64. The molecule has 0 atom stereocenters. The Kier molecular flexibility index (Phi) is 3.67. The summed E-state index contributed by atoms with van der Waals surface area (Å²) in [5.41, 5.74) is 4.69. The van der Waals surface area contributed by atoms with Gasteiger partial charge in [-0.3, -0.25) is 4.57 Å². The van der Waals surface area contributed by atoms with Gasteiger partial charge in [0, 0.05) is 13.2 Å². The second kappa shape index (κ2) is 3.65. The van der Waals surface area contributed by atoms with E-state index >= 15 is 0 Å². The first-order chi connectivity index (χ1) is 4.77. The van der Waals surface area contributed by atoms with Gasteiger partial charge >= 0.3 is 7.60 Å². The van der Waals surface area contributed by atoms with Gasteiger partial charge in [-0.15, -0.1) is 0 Å². The van der Waals surface area contributed by atoms with Crippen LogP contribution in [0.5, 0.6) is 0 Å². The van der Waals surface area contributed by atoms with Gasteiger partial charge in [-0.2, -0.15) is 0 Å². The van der Waals surface area contributed by atoms with Crippen molar-refractivity contribution in [2.45, 2.75) is 18.4 Å². The van der Waals surface area contributed by atoms with Crippen molar-refractivity contribution in [1.82, 2.24) is 0 Å². The molecule has 1 fully saturated rings. The molecule has 0 aromatic rings. The summed E-state index contributed by atoms with van der Waals surface area (Å²) in [6.07, 6.45) is 1.81. The highest BCUT2D eigenvalue weighted by Crippen LogP contribution is 2.32. The topological polar surface area (TPSA) is 104 Å². The summed E-state index contributed by atoms with van der Waals surface area (Å²) in [5, 5.41) is 8.81. The minimum atomic E-state index is -3.64. The lowest BCUT2D eigenvalue weighted by atomic mass is 10.4. The predicted octanol–water partition coefficient (Wildman–Crippen LogP) is -0.736. The van der Waals surface area contributed by atoms with Crippen LogP contribution in [0.2, 0.25) is 0 Å². The minimum Gasteiger partial charge on any atom is -0.389 e. The van der Waals surface area contributed by atoms with Crippen molar-refractivity contribution in [3.8, 4) is 0 Å². The van der Waals surface area contributed by atoms with Crippen molar-refractivity contribution >= 4 is 7.60 Å². The van der Waals surface area contributed by atoms with E-state index in [9.17, 15) is 4.57 Å². The second-order valence-corrected chi connectivity index (χ2v) is 4.43. The number of aliphatic hydroxyl groups is 1. The van der Waals surface area contributed by atoms with E-state index in [2.05, 4.69) is 0 Å². The van der Waals surface area contributed by atoms with E-state index < -0.39 is 13.2 Å². The fraction of sp³-hybridized carbons (Fsp3) is 1.00. The lowest BCUT2D eigenvalue weighted by Gasteiger charge is -1.96. The van der Waals surface area contributed by atoms with Gasteiger partial charge in [0.25, 0.3) is 0 Å². The van der Waals surface area contributed by atoms with Crippen molar-refractivity contribution in [2.75, 3.05) is 13.2 Å². The first kappa shape index (κ1) is 11.1. The standard InChI is InChI=1S/C4H9NO.CH5O3P/c5-3-4(6)1-2-4;1-5(2,3)4/h6H,1-3,5H2;1H3,(H2,2,3,4). The Morgan fingerprint density at radius 1 is 1.55 bits per heavy atom. The highest BCUT2D eigenvalue weighted by Gasteiger charge is 2.38. The monoisotopic (exact) mass is 183 g/mol. The molecule has 0 saturated heterocycles. The SMILES string of the molecule is CP(=O)(O)O.NCC1(O)CC1. The molecule has 0 unspecified atom stereocenters. The van der Waals surface area contributed by atoms with Crippen molar-refractivity contribution in [1.29, 1.82) is 0 Å². The van der Waals surface area contributed by atoms with Crippen LogP contribution in [-0.4, -0.2) is 33.7 Å². The quantitative estimate of drug-likeness (QED) is 0.401. The number of hydrogen-bond donors (Lipinski definition) is 4. The summed E-state index contributed by atoms with van der Waals surface area (Å²) in [6, 6.07) is 0. The van der Waals surface area contributed by atoms with E-state index in [1.165, 1.54) is 0 Å². The maximum Gasteiger partial charge on any atom is 0.322 e. The molecule has 5 nitrogen and oxygen atoms in total. The molecule has 1 saturated carbocycles. The molecule has 0 bridgehead atoms. The molecule has 0 aromatic heterocycles. The summed E-state index contributed by atoms with van der Waals surface area (Å²) >= 11 is 0. The Balaban J connectivity index is 0.000000187. The Morgan fingerprint density at radius 3 is 1.82 bits per heavy atom. The average molecular weight is 183 g/mol. The van der Waals surface area contributed by atoms with Gasteiger partial charge < -0.3 is 20.6 Å². The van der Waals surface area contributed by atoms with E-state index in [0.717, 1.165) is 19.5 Å². The zero-order valence-corrected chi connectivity index (χ0v) is 7.29. The third-order valence-corrected chi connectivity index (χ3v) is 1.21. The first-order valence-corrected chi connectivity index (χ1v) is 5.28. The summed E-state index contributed by atoms with van der Waals surface area (Å²) in [6.45, 7) is 1.29. The molecule has 0 radical (unpaired) electrons. The van der Waals surface area contributed by atoms with Crippen molar-refractivity contribution in [3.05, 3.63) is 0 Å². The molecule has 11 heavy (non-hydrogen) atoms. The lowest BCUT2D eigenvalue weighted by Crippen LogP contribution is -2.20. The third-order valence-electron chi connectivity index (χ3n) is 1.21. The first-order valence-electron chi connectivity index (χ1n) is 3.22. The van der Waals surface area contributed by atoms with E-state index in [4.69, 9.17) is 20.6 Å². The highest BCUT2D eigenvalue weighted by molar-refractivity contribution is 7.50. The molecule has 0 amide bonds. The van der Waals surface area contributed by atoms with Crippen LogP contribution in [0.1, 0.15) is 12.8 Å². The molecule has 6 heteroatoms. The van der Waals surface area contributed by atoms with Crippen LogP contribution in [0.4, 0.5) is 0 Å². The average Bonchev–Trinajstić information content (AvgIpc) is 2.45. The van der Waals surface area contributed by atoms with Crippen LogP contribution in [-0.2, 0) is 4.57 Å². The van der Waals surface area contributed by atoms with Gasteiger partial charge in [0.1, 0.15) is 0 Å². The van der Waals surface area contributed by atoms with Gasteiger partial charge in [0.15, 0.2) is 0 Å². The molecule has 1 aliphatic carbocycles. The normalized spacial score (nSPS) is 20.1. The molecule has 0 aromatic carbocycles. The Bertz CT molecular complexity index is 154. The molecular weight excluding hydrogens is 169 g/mol. The third kappa shape index (κ3) is 10.1. The Morgan fingerprint density at radius 2 is 1.82 bits per heavy atom. The van der Waals surface area contributed by atoms with Gasteiger partial charge in [-0.1, -0.05) is 0 Å². The predicted molar refractivity (Wildman–Crippen MR) is 41.2 cm³/mol. The van der Waals surface area contributed by atoms with E-state index in [-0.39, 0.29) is 0 Å². The molecule has 0 spiro atoms. The van der Waals surface area contributed by atoms with Gasteiger partial charge in [0.2, 0.25) is 0 Å². The van der Waals surface area contributed by atoms with E-state index in [0.29, 0.717) is 6.54 Å². The number of rotatable bonds is 1. The molecule has 0 heterocycles. The zero-order chi connectivity index (χ0) is 9.12. The van der Waals surface area contributed by atoms with E-state index in [1.54, 1.807) is 0 Å². The van der Waals surface area contributed by atoms with Crippen LogP contribution in [0.3, 0.4) is 0 Å². The molecular formula is C5H14NO4P. The zero-order valence-electron chi connectivity index (χ0n) is 6.40. The Labute approximate surface area is 65.4 Å². The summed E-state index contributed by atoms with van der Waals surface area (Å²) < 4.78 is 9.33. The van der Waals surface area contributed by atoms with Crippen molar-refractivity contribution < 1.29 is 19.5 Å². The van der Waals surface area contributed by atoms with Gasteiger partial charge in [-0.25, -0.2) is 0 Å². The number of nitrogens with two attached hydrogens (primary N) is 1. The largest absolute Gasteiger partial charge is 0.389 e. The van der Waals surface area contributed by atoms with Gasteiger partial charge in [-0.05, 0) is 12.8 Å². The summed E-state index contributed by atoms with van der Waals surface area (Å²) in [4.78, 5) is 15.3. The van der Waals surface area contributed by atoms with Gasteiger partial charge in [0.05, 0.1) is 5.60 Å². The number of hydrogen-bond acceptors (Lipinski definition) is 3. The Hall–Kier alpha value is 0.0700. The maximum absolute atomic E-state index is 9.33. The summed E-state index contributed by atoms with van der Waals surface area (Å²) in [5.74, 6) is 0. The molecule has 1 aliphatic rings. The minimum absolute atomic E-state index is 0.431. The molecule has 5 N–H and O–H groups in total. The second-order valence-electron chi connectivity index (χ2n) is 2.76. The fourth-order valence-electron chi connectivity index (χ4n) is 0.348. The molecule has 1 rings (SSSR count). The lowest BCUT2D eigenvalue weighted by molar-refractivity contribution is 0.159.